The van der Waals surface area contributed by atoms with Crippen LogP contribution in [0.15, 0.2) is 0 Å². The van der Waals surface area contributed by atoms with Gasteiger partial charge < -0.3 is 4.74 Å². The van der Waals surface area contributed by atoms with Crippen LogP contribution in [-0.2, 0) is 4.74 Å². The van der Waals surface area contributed by atoms with Gasteiger partial charge in [0.2, 0.25) is 0 Å². The lowest BCUT2D eigenvalue weighted by Gasteiger charge is -1.92. The lowest BCUT2D eigenvalue weighted by molar-refractivity contribution is 0.179. The SMILES string of the molecule is CCOC(=O)[B]Br. The molecule has 0 saturated heterocycles. The fourth-order valence-corrected chi connectivity index (χ4v) is 0.306. The number of hydrogen-bond donors (Lipinski definition) is 0. The maximum Gasteiger partial charge on any atom is 0.350 e. The van der Waals surface area contributed by atoms with E-state index in [2.05, 4.69) is 20.5 Å². The molecule has 1 radical (unpaired) electrons. The van der Waals surface area contributed by atoms with Crippen LogP contribution in [0.2, 0.25) is 0 Å². The summed E-state index contributed by atoms with van der Waals surface area (Å²) in [5.41, 5.74) is 0. The van der Waals surface area contributed by atoms with E-state index in [4.69, 9.17) is 0 Å². The smallest absolute Gasteiger partial charge is 0.350 e. The van der Waals surface area contributed by atoms with Gasteiger partial charge in [0.15, 0.2) is 0 Å². The van der Waals surface area contributed by atoms with Crippen molar-refractivity contribution in [3.05, 3.63) is 0 Å². The second-order valence-corrected chi connectivity index (χ2v) is 1.32. The molecule has 0 heterocycles. The summed E-state index contributed by atoms with van der Waals surface area (Å²) in [6, 6.07) is 0. The van der Waals surface area contributed by atoms with Crippen LogP contribution < -0.4 is 0 Å². The second-order valence-electron chi connectivity index (χ2n) is 0.861. The Morgan fingerprint density at radius 1 is 2.00 bits per heavy atom. The standard InChI is InChI=1S/C3H5BBrO2/c1-2-7-3(6)4-5/h2H2,1H3. The highest BCUT2D eigenvalue weighted by molar-refractivity contribution is 9.24. The van der Waals surface area contributed by atoms with Crippen molar-refractivity contribution in [2.75, 3.05) is 6.61 Å². The zero-order chi connectivity index (χ0) is 5.70. The molecule has 0 amide bonds. The first-order valence-electron chi connectivity index (χ1n) is 1.91. The summed E-state index contributed by atoms with van der Waals surface area (Å²) in [7, 11) is 0. The molecule has 39 valence electrons. The van der Waals surface area contributed by atoms with Crippen LogP contribution in [0.1, 0.15) is 6.92 Å². The van der Waals surface area contributed by atoms with E-state index in [1.54, 1.807) is 6.92 Å². The van der Waals surface area contributed by atoms with E-state index in [1.165, 1.54) is 6.10 Å². The molecule has 0 fully saturated rings. The average Bonchev–Trinajstić information content (AvgIpc) is 1.68. The summed E-state index contributed by atoms with van der Waals surface area (Å²) in [5, 5.41) is 0. The Kier molecular flexibility index (Phi) is 4.19. The average molecular weight is 164 g/mol. The summed E-state index contributed by atoms with van der Waals surface area (Å²) in [4.78, 5) is 10.1. The Morgan fingerprint density at radius 3 is 2.71 bits per heavy atom. The van der Waals surface area contributed by atoms with Gasteiger partial charge >= 0.3 is 6.10 Å². The number of ether oxygens (including phenoxy) is 1. The van der Waals surface area contributed by atoms with Gasteiger partial charge in [-0.15, -0.1) is 15.8 Å². The van der Waals surface area contributed by atoms with Crippen LogP contribution in [0.3, 0.4) is 0 Å². The molecule has 2 nitrogen and oxygen atoms in total. The molecule has 7 heavy (non-hydrogen) atoms. The summed E-state index contributed by atoms with van der Waals surface area (Å²) in [5.74, 6) is -0.331. The van der Waals surface area contributed by atoms with E-state index in [0.29, 0.717) is 6.61 Å². The van der Waals surface area contributed by atoms with Gasteiger partial charge in [0.05, 0.1) is 6.61 Å². The van der Waals surface area contributed by atoms with Crippen LogP contribution in [0.25, 0.3) is 0 Å². The molecule has 0 aromatic heterocycles. The Bertz CT molecular complexity index is 66.0. The fraction of sp³-hybridized carbons (Fsp3) is 0.667. The van der Waals surface area contributed by atoms with Gasteiger partial charge in [0.1, 0.15) is 0 Å². The van der Waals surface area contributed by atoms with Gasteiger partial charge in [-0.2, -0.15) is 0 Å². The highest BCUT2D eigenvalue weighted by Gasteiger charge is 1.96. The first-order chi connectivity index (χ1) is 3.31. The van der Waals surface area contributed by atoms with Gasteiger partial charge in [0.25, 0.3) is 5.87 Å². The summed E-state index contributed by atoms with van der Waals surface area (Å²) >= 11 is 2.82. The van der Waals surface area contributed by atoms with Crippen molar-refractivity contribution in [2.45, 2.75) is 6.92 Å². The zero-order valence-electron chi connectivity index (χ0n) is 3.98. The normalized spacial score (nSPS) is 7.71. The summed E-state index contributed by atoms with van der Waals surface area (Å²) < 4.78 is 4.45. The molecule has 0 aliphatic rings. The molecule has 0 N–H and O–H groups in total. The zero-order valence-corrected chi connectivity index (χ0v) is 5.56. The Hall–Kier alpha value is 0.0149. The van der Waals surface area contributed by atoms with Gasteiger partial charge in [-0.05, 0) is 6.92 Å². The van der Waals surface area contributed by atoms with Crippen LogP contribution in [0.4, 0.5) is 4.79 Å². The van der Waals surface area contributed by atoms with Crippen LogP contribution >= 0.6 is 15.8 Å². The van der Waals surface area contributed by atoms with Crippen molar-refractivity contribution < 1.29 is 9.53 Å². The minimum Gasteiger partial charge on any atom is -0.474 e. The molecule has 0 spiro atoms. The van der Waals surface area contributed by atoms with Crippen LogP contribution in [0.5, 0.6) is 0 Å². The first-order valence-corrected chi connectivity index (χ1v) is 2.83. The largest absolute Gasteiger partial charge is 0.474 e. The van der Waals surface area contributed by atoms with Gasteiger partial charge in [-0.25, -0.2) is 0 Å². The molecule has 0 atom stereocenters. The van der Waals surface area contributed by atoms with Gasteiger partial charge in [-0.3, -0.25) is 4.79 Å². The number of carbonyl (C=O) groups is 1. The van der Waals surface area contributed by atoms with E-state index in [9.17, 15) is 4.79 Å². The Labute approximate surface area is 51.4 Å². The third-order valence-corrected chi connectivity index (χ3v) is 0.750. The fourth-order valence-electron chi connectivity index (χ4n) is 0.174. The van der Waals surface area contributed by atoms with Crippen molar-refractivity contribution in [3.63, 3.8) is 0 Å². The molecule has 0 aliphatic carbocycles. The molecule has 0 rings (SSSR count). The highest BCUT2D eigenvalue weighted by atomic mass is 79.9. The molecule has 4 heteroatoms. The maximum atomic E-state index is 10.1. The summed E-state index contributed by atoms with van der Waals surface area (Å²) in [6.45, 7) is 2.19. The predicted molar refractivity (Wildman–Crippen MR) is 31.7 cm³/mol. The molecule has 0 saturated carbocycles. The summed E-state index contributed by atoms with van der Waals surface area (Å²) in [6.07, 6.45) is 1.20. The van der Waals surface area contributed by atoms with E-state index >= 15 is 0 Å². The Morgan fingerprint density at radius 2 is 2.57 bits per heavy atom. The maximum absolute atomic E-state index is 10.1. The predicted octanol–water partition coefficient (Wildman–Crippen LogP) is 1.16. The van der Waals surface area contributed by atoms with Gasteiger partial charge in [0, 0.05) is 0 Å². The lowest BCUT2D eigenvalue weighted by atomic mass is 10.2. The Balaban J connectivity index is 3.00. The van der Waals surface area contributed by atoms with Crippen LogP contribution in [0, 0.1) is 0 Å². The minimum atomic E-state index is -0.331. The monoisotopic (exact) mass is 163 g/mol. The molecule has 0 aromatic carbocycles. The van der Waals surface area contributed by atoms with Crippen molar-refractivity contribution >= 4 is 27.7 Å². The van der Waals surface area contributed by atoms with Crippen molar-refractivity contribution in [2.24, 2.45) is 0 Å². The number of hydrogen-bond acceptors (Lipinski definition) is 2. The number of rotatable bonds is 2. The van der Waals surface area contributed by atoms with E-state index in [-0.39, 0.29) is 5.87 Å². The van der Waals surface area contributed by atoms with Crippen LogP contribution in [-0.4, -0.2) is 18.6 Å². The highest BCUT2D eigenvalue weighted by Crippen LogP contribution is 1.82. The van der Waals surface area contributed by atoms with Crippen molar-refractivity contribution in [1.82, 2.24) is 0 Å². The third kappa shape index (κ3) is 3.86. The van der Waals surface area contributed by atoms with Crippen molar-refractivity contribution in [1.29, 1.82) is 0 Å². The minimum absolute atomic E-state index is 0.331. The van der Waals surface area contributed by atoms with E-state index in [0.717, 1.165) is 0 Å². The molecular formula is C3H5BBrO2. The quantitative estimate of drug-likeness (QED) is 0.572. The number of carbonyl (C=O) groups excluding carboxylic acids is 1. The second kappa shape index (κ2) is 4.18. The van der Waals surface area contributed by atoms with E-state index < -0.39 is 0 Å². The first kappa shape index (κ1) is 7.01. The van der Waals surface area contributed by atoms with Gasteiger partial charge in [-0.1, -0.05) is 0 Å². The molecular weight excluding hydrogens is 159 g/mol. The molecule has 0 aromatic rings. The molecule has 0 unspecified atom stereocenters. The lowest BCUT2D eigenvalue weighted by Crippen LogP contribution is -2.04. The molecule has 0 bridgehead atoms. The van der Waals surface area contributed by atoms with Crippen molar-refractivity contribution in [3.8, 4) is 0 Å². The molecule has 0 aliphatic heterocycles. The topological polar surface area (TPSA) is 26.3 Å². The number of halogens is 1. The van der Waals surface area contributed by atoms with E-state index in [1.807, 2.05) is 0 Å². The third-order valence-electron chi connectivity index (χ3n) is 0.376.